The lowest BCUT2D eigenvalue weighted by Gasteiger charge is -2.49. The highest BCUT2D eigenvalue weighted by Crippen LogP contribution is 2.32. The molecule has 0 aliphatic rings. The second kappa shape index (κ2) is 26.5. The molecule has 7 heteroatoms. The number of carboxylic acid groups (broad SMARTS) is 3. The first-order valence-corrected chi connectivity index (χ1v) is 17.9. The Morgan fingerprint density at radius 1 is 0.465 bits per heavy atom. The number of hydrogen-bond donors (Lipinski definition) is 3. The molecule has 0 radical (unpaired) electrons. The topological polar surface area (TPSA) is 112 Å². The second-order valence-corrected chi connectivity index (χ2v) is 12.6. The highest BCUT2D eigenvalue weighted by molar-refractivity contribution is 5.78. The van der Waals surface area contributed by atoms with Gasteiger partial charge >= 0.3 is 17.9 Å². The van der Waals surface area contributed by atoms with E-state index in [4.69, 9.17) is 0 Å². The fraction of sp³-hybridized carbons (Fsp3) is 0.861. The smallest absolute Gasteiger partial charge is 0.362 e. The molecule has 0 aromatic heterocycles. The van der Waals surface area contributed by atoms with Gasteiger partial charge in [0.05, 0.1) is 6.54 Å². The van der Waals surface area contributed by atoms with Gasteiger partial charge in [0.2, 0.25) is 0 Å². The molecule has 0 heterocycles. The van der Waals surface area contributed by atoms with E-state index >= 15 is 0 Å². The Labute approximate surface area is 264 Å². The molecule has 3 unspecified atom stereocenters. The van der Waals surface area contributed by atoms with Crippen molar-refractivity contribution >= 4 is 17.9 Å². The number of rotatable bonds is 31. The zero-order chi connectivity index (χ0) is 32.3. The minimum absolute atomic E-state index is 0.194. The van der Waals surface area contributed by atoms with E-state index in [0.29, 0.717) is 6.42 Å². The van der Waals surface area contributed by atoms with Gasteiger partial charge in [-0.25, -0.2) is 14.4 Å². The first-order chi connectivity index (χ1) is 20.7. The van der Waals surface area contributed by atoms with Crippen molar-refractivity contribution in [3.05, 3.63) is 12.2 Å². The third kappa shape index (κ3) is 16.7. The second-order valence-electron chi connectivity index (χ2n) is 12.6. The Balaban J connectivity index is 4.30. The molecule has 0 bridgehead atoms. The lowest BCUT2D eigenvalue weighted by Crippen LogP contribution is -2.72. The van der Waals surface area contributed by atoms with Gasteiger partial charge in [0.1, 0.15) is 0 Å². The molecule has 7 nitrogen and oxygen atoms in total. The van der Waals surface area contributed by atoms with Gasteiger partial charge in [0.25, 0.3) is 0 Å². The van der Waals surface area contributed by atoms with E-state index in [1.54, 1.807) is 20.8 Å². The van der Waals surface area contributed by atoms with Gasteiger partial charge in [0, 0.05) is 19.3 Å². The largest absolute Gasteiger partial charge is 0.477 e. The van der Waals surface area contributed by atoms with Crippen LogP contribution in [0, 0.1) is 0 Å². The first-order valence-electron chi connectivity index (χ1n) is 17.9. The van der Waals surface area contributed by atoms with Crippen LogP contribution >= 0.6 is 0 Å². The number of hydrogen-bond acceptors (Lipinski definition) is 3. The molecule has 0 aromatic rings. The van der Waals surface area contributed by atoms with Gasteiger partial charge in [-0.1, -0.05) is 130 Å². The summed E-state index contributed by atoms with van der Waals surface area (Å²) in [4.78, 5) is 36.8. The van der Waals surface area contributed by atoms with E-state index in [1.165, 1.54) is 103 Å². The Morgan fingerprint density at radius 3 is 1.02 bits per heavy atom. The minimum Gasteiger partial charge on any atom is -0.477 e. The van der Waals surface area contributed by atoms with Gasteiger partial charge < -0.3 is 15.3 Å². The van der Waals surface area contributed by atoms with Gasteiger partial charge in [0.15, 0.2) is 18.1 Å². The molecule has 0 saturated carbocycles. The lowest BCUT2D eigenvalue weighted by atomic mass is 9.93. The molecule has 0 aliphatic heterocycles. The highest BCUT2D eigenvalue weighted by Gasteiger charge is 2.55. The fourth-order valence-electron chi connectivity index (χ4n) is 6.97. The van der Waals surface area contributed by atoms with E-state index < -0.39 is 40.5 Å². The van der Waals surface area contributed by atoms with Crippen LogP contribution in [0.3, 0.4) is 0 Å². The number of carboxylic acids is 3. The Bertz CT molecular complexity index is 697. The average molecular weight is 611 g/mol. The Morgan fingerprint density at radius 2 is 0.744 bits per heavy atom. The molecule has 3 N–H and O–H groups in total. The zero-order valence-electron chi connectivity index (χ0n) is 28.4. The van der Waals surface area contributed by atoms with Crippen LogP contribution in [-0.4, -0.2) is 62.4 Å². The van der Waals surface area contributed by atoms with E-state index in [2.05, 4.69) is 19.1 Å². The maximum absolute atomic E-state index is 12.3. The summed E-state index contributed by atoms with van der Waals surface area (Å²) in [5, 5.41) is 30.1. The zero-order valence-corrected chi connectivity index (χ0v) is 28.4. The summed E-state index contributed by atoms with van der Waals surface area (Å²) in [6.45, 7) is 7.66. The maximum atomic E-state index is 12.3. The number of unbranched alkanes of at least 4 members (excludes halogenated alkanes) is 18. The predicted molar refractivity (Wildman–Crippen MR) is 177 cm³/mol. The monoisotopic (exact) mass is 611 g/mol. The van der Waals surface area contributed by atoms with Gasteiger partial charge in [-0.05, 0) is 38.5 Å². The molecular formula is C36H68NO6+. The van der Waals surface area contributed by atoms with E-state index in [9.17, 15) is 29.7 Å². The number of quaternary nitrogens is 1. The van der Waals surface area contributed by atoms with Gasteiger partial charge in [-0.3, -0.25) is 4.48 Å². The highest BCUT2D eigenvalue weighted by atomic mass is 16.4. The normalized spacial score (nSPS) is 15.3. The number of allylic oxidation sites excluding steroid dienone is 2. The van der Waals surface area contributed by atoms with Crippen molar-refractivity contribution < 1.29 is 34.2 Å². The molecule has 0 amide bonds. The number of aliphatic carboxylic acids is 3. The summed E-state index contributed by atoms with van der Waals surface area (Å²) in [6, 6.07) is -3.18. The summed E-state index contributed by atoms with van der Waals surface area (Å²) >= 11 is 0. The van der Waals surface area contributed by atoms with Crippen molar-refractivity contribution in [3.63, 3.8) is 0 Å². The van der Waals surface area contributed by atoms with Crippen molar-refractivity contribution in [2.24, 2.45) is 0 Å². The molecule has 0 fully saturated rings. The summed E-state index contributed by atoms with van der Waals surface area (Å²) in [6.07, 6.45) is 29.8. The number of carbonyl (C=O) groups is 3. The van der Waals surface area contributed by atoms with Crippen molar-refractivity contribution in [1.82, 2.24) is 0 Å². The molecule has 3 atom stereocenters. The molecule has 43 heavy (non-hydrogen) atoms. The molecule has 0 aromatic carbocycles. The van der Waals surface area contributed by atoms with Crippen LogP contribution in [-0.2, 0) is 14.4 Å². The lowest BCUT2D eigenvalue weighted by molar-refractivity contribution is -0.973. The van der Waals surface area contributed by atoms with Crippen molar-refractivity contribution in [3.8, 4) is 0 Å². The summed E-state index contributed by atoms with van der Waals surface area (Å²) < 4.78 is -0.404. The van der Waals surface area contributed by atoms with Crippen LogP contribution in [0.5, 0.6) is 0 Å². The third-order valence-electron chi connectivity index (χ3n) is 9.31. The molecular weight excluding hydrogens is 542 g/mol. The quantitative estimate of drug-likeness (QED) is 0.0409. The van der Waals surface area contributed by atoms with E-state index in [1.807, 2.05) is 0 Å². The average Bonchev–Trinajstić information content (AvgIpc) is 2.96. The van der Waals surface area contributed by atoms with E-state index in [-0.39, 0.29) is 25.8 Å². The molecule has 0 spiro atoms. The van der Waals surface area contributed by atoms with Crippen LogP contribution in [0.1, 0.15) is 175 Å². The minimum atomic E-state index is -1.11. The first kappa shape index (κ1) is 41.1. The standard InChI is InChI=1S/C36H67NO6/c1-5-9-10-11-12-13-14-15-16-17-18-19-20-21-22-23-24-25-26-27-28-29-30-37(31(6-2)34(38)39,32(7-3)35(40)41)33(8-4)36(42)43/h15-16,31-33H,5-14,17-30H2,1-4H3,(H2-,38,39,40,41,42,43)/p+1/b16-15+. The summed E-state index contributed by atoms with van der Waals surface area (Å²) in [7, 11) is 0. The van der Waals surface area contributed by atoms with Crippen LogP contribution in [0.2, 0.25) is 0 Å². The molecule has 0 rings (SSSR count). The Kier molecular flexibility index (Phi) is 25.3. The van der Waals surface area contributed by atoms with Crippen molar-refractivity contribution in [2.45, 2.75) is 193 Å². The van der Waals surface area contributed by atoms with Crippen molar-refractivity contribution in [1.29, 1.82) is 0 Å². The summed E-state index contributed by atoms with van der Waals surface area (Å²) in [5.74, 6) is -3.34. The fourth-order valence-corrected chi connectivity index (χ4v) is 6.97. The van der Waals surface area contributed by atoms with Crippen LogP contribution in [0.25, 0.3) is 0 Å². The molecule has 0 aliphatic carbocycles. The third-order valence-corrected chi connectivity index (χ3v) is 9.31. The van der Waals surface area contributed by atoms with Gasteiger partial charge in [-0.15, -0.1) is 0 Å². The van der Waals surface area contributed by atoms with E-state index in [0.717, 1.165) is 19.3 Å². The predicted octanol–water partition coefficient (Wildman–Crippen LogP) is 9.77. The van der Waals surface area contributed by atoms with Crippen LogP contribution in [0.15, 0.2) is 12.2 Å². The van der Waals surface area contributed by atoms with Crippen molar-refractivity contribution in [2.75, 3.05) is 6.54 Å². The molecule has 252 valence electrons. The SMILES string of the molecule is CCCCCCCC/C=C/CCCCCCCCCCCCCC[N+](C(CC)C(=O)O)(C(CC)C(=O)O)C(CC)C(=O)O. The maximum Gasteiger partial charge on any atom is 0.362 e. The Hall–Kier alpha value is -1.89. The van der Waals surface area contributed by atoms with Crippen LogP contribution < -0.4 is 0 Å². The number of nitrogens with zero attached hydrogens (tertiary/aromatic N) is 1. The molecule has 0 saturated heterocycles. The van der Waals surface area contributed by atoms with Crippen LogP contribution in [0.4, 0.5) is 0 Å². The summed E-state index contributed by atoms with van der Waals surface area (Å²) in [5.41, 5.74) is 0. The van der Waals surface area contributed by atoms with Gasteiger partial charge in [-0.2, -0.15) is 0 Å².